The highest BCUT2D eigenvalue weighted by molar-refractivity contribution is 14.1. The first-order chi connectivity index (χ1) is 11.3. The highest BCUT2D eigenvalue weighted by Crippen LogP contribution is 2.51. The normalized spacial score (nSPS) is 20.8. The molecule has 122 valence electrons. The Morgan fingerprint density at radius 3 is 2.62 bits per heavy atom. The Morgan fingerprint density at radius 2 is 2.00 bits per heavy atom. The van der Waals surface area contributed by atoms with Crippen molar-refractivity contribution in [2.75, 3.05) is 0 Å². The predicted molar refractivity (Wildman–Crippen MR) is 82.8 cm³/mol. The zero-order valence-electron chi connectivity index (χ0n) is 11.6. The van der Waals surface area contributed by atoms with E-state index in [1.54, 1.807) is 28.7 Å². The third-order valence-corrected chi connectivity index (χ3v) is 4.56. The van der Waals surface area contributed by atoms with Gasteiger partial charge in [0.25, 0.3) is 6.43 Å². The standard InChI is InChI=1S/C16H6F4INO2/c17-15(18)8-3-7(6-22)4-9(5-8)24-11-2-1-10-12(13(11)21)14(23)16(10,19)20/h3-5,14-15,23H. The van der Waals surface area contributed by atoms with E-state index < -0.39 is 29.6 Å². The van der Waals surface area contributed by atoms with Crippen molar-refractivity contribution in [2.24, 2.45) is 0 Å². The van der Waals surface area contributed by atoms with E-state index in [1.165, 1.54) is 6.07 Å². The minimum absolute atomic E-state index is 0.0279. The van der Waals surface area contributed by atoms with Crippen molar-refractivity contribution in [1.29, 1.82) is 5.26 Å². The molecule has 1 aromatic rings. The van der Waals surface area contributed by atoms with Gasteiger partial charge in [0.2, 0.25) is 0 Å². The molecule has 1 atom stereocenters. The van der Waals surface area contributed by atoms with E-state index in [4.69, 9.17) is 10.00 Å². The molecule has 24 heavy (non-hydrogen) atoms. The molecule has 1 N–H and O–H groups in total. The molecule has 3 nitrogen and oxygen atoms in total. The van der Waals surface area contributed by atoms with Crippen LogP contribution >= 0.6 is 22.6 Å². The Hall–Kier alpha value is -2.04. The van der Waals surface area contributed by atoms with Crippen LogP contribution in [0.4, 0.5) is 17.6 Å². The fraction of sp³-hybridized carbons (Fsp3) is 0.188. The SMILES string of the molecule is N#Cc1cc(OC2=C=C=C3C(=C2I)C(O)C3(F)F)cc(C(F)F)c1. The Kier molecular flexibility index (Phi) is 4.06. The van der Waals surface area contributed by atoms with Crippen molar-refractivity contribution in [2.45, 2.75) is 18.5 Å². The maximum Gasteiger partial charge on any atom is 0.310 e. The highest BCUT2D eigenvalue weighted by atomic mass is 127. The molecule has 0 amide bonds. The van der Waals surface area contributed by atoms with E-state index in [1.807, 2.05) is 0 Å². The molecule has 0 aliphatic heterocycles. The average molecular weight is 447 g/mol. The average Bonchev–Trinajstić information content (AvgIpc) is 2.55. The first-order valence-electron chi connectivity index (χ1n) is 6.49. The molecule has 0 bridgehead atoms. The molecule has 1 aromatic carbocycles. The molecule has 0 heterocycles. The fourth-order valence-corrected chi connectivity index (χ4v) is 3.10. The van der Waals surface area contributed by atoms with Crippen LogP contribution in [-0.4, -0.2) is 17.1 Å². The lowest BCUT2D eigenvalue weighted by Crippen LogP contribution is -2.49. The zero-order valence-corrected chi connectivity index (χ0v) is 13.7. The maximum atomic E-state index is 13.4. The number of halogens is 5. The minimum atomic E-state index is -3.39. The van der Waals surface area contributed by atoms with Crippen LogP contribution in [0.5, 0.6) is 5.75 Å². The number of aliphatic hydroxyl groups excluding tert-OH is 1. The van der Waals surface area contributed by atoms with Gasteiger partial charge in [0.1, 0.15) is 11.9 Å². The number of alkyl halides is 4. The number of allylic oxidation sites excluding steroid dienone is 1. The van der Waals surface area contributed by atoms with Crippen molar-refractivity contribution in [3.05, 3.63) is 61.3 Å². The number of fused-ring (bicyclic) bond motifs is 1. The van der Waals surface area contributed by atoms with Crippen LogP contribution in [0.25, 0.3) is 0 Å². The summed E-state index contributed by atoms with van der Waals surface area (Å²) in [6.45, 7) is 0. The van der Waals surface area contributed by atoms with E-state index in [-0.39, 0.29) is 26.2 Å². The quantitative estimate of drug-likeness (QED) is 0.431. The van der Waals surface area contributed by atoms with Crippen molar-refractivity contribution < 1.29 is 27.4 Å². The number of rotatable bonds is 3. The van der Waals surface area contributed by atoms with Gasteiger partial charge >= 0.3 is 5.92 Å². The lowest BCUT2D eigenvalue weighted by molar-refractivity contribution is -0.0915. The summed E-state index contributed by atoms with van der Waals surface area (Å²) in [7, 11) is 0. The molecule has 0 radical (unpaired) electrons. The van der Waals surface area contributed by atoms with Crippen molar-refractivity contribution in [1.82, 2.24) is 0 Å². The largest absolute Gasteiger partial charge is 0.447 e. The summed E-state index contributed by atoms with van der Waals surface area (Å²) in [6, 6.07) is 5.05. The Bertz CT molecular complexity index is 916. The topological polar surface area (TPSA) is 53.2 Å². The van der Waals surface area contributed by atoms with E-state index in [2.05, 4.69) is 11.5 Å². The van der Waals surface area contributed by atoms with Crippen molar-refractivity contribution in [3.8, 4) is 11.8 Å². The van der Waals surface area contributed by atoms with Crippen molar-refractivity contribution in [3.63, 3.8) is 0 Å². The summed E-state index contributed by atoms with van der Waals surface area (Å²) in [5, 5.41) is 18.4. The zero-order chi connectivity index (χ0) is 17.6. The number of nitrogens with zero attached hydrogens (tertiary/aromatic N) is 1. The van der Waals surface area contributed by atoms with Crippen molar-refractivity contribution >= 4 is 22.6 Å². The molecule has 0 saturated heterocycles. The van der Waals surface area contributed by atoms with Crippen LogP contribution < -0.4 is 4.74 Å². The number of hydrogen-bond acceptors (Lipinski definition) is 3. The Balaban J connectivity index is 2.02. The molecule has 0 aromatic heterocycles. The van der Waals surface area contributed by atoms with Gasteiger partial charge < -0.3 is 9.84 Å². The molecule has 3 rings (SSSR count). The van der Waals surface area contributed by atoms with Gasteiger partial charge in [-0.15, -0.1) is 0 Å². The van der Waals surface area contributed by atoms with Gasteiger partial charge in [0.15, 0.2) is 5.76 Å². The van der Waals surface area contributed by atoms with Gasteiger partial charge in [0.05, 0.1) is 20.8 Å². The monoisotopic (exact) mass is 447 g/mol. The van der Waals surface area contributed by atoms with Crippen LogP contribution in [0.15, 0.2) is 50.1 Å². The minimum Gasteiger partial charge on any atom is -0.447 e. The second kappa shape index (κ2) is 5.80. The Morgan fingerprint density at radius 1 is 1.29 bits per heavy atom. The highest BCUT2D eigenvalue weighted by Gasteiger charge is 2.59. The number of hydrogen-bond donors (Lipinski definition) is 1. The second-order valence-electron chi connectivity index (χ2n) is 5.01. The fourth-order valence-electron chi connectivity index (χ4n) is 2.29. The van der Waals surface area contributed by atoms with E-state index in [9.17, 15) is 22.7 Å². The molecular formula is C16H6F4INO2. The summed E-state index contributed by atoms with van der Waals surface area (Å²) in [5.41, 5.74) is 3.69. The molecular weight excluding hydrogens is 441 g/mol. The lowest BCUT2D eigenvalue weighted by Gasteiger charge is -2.38. The van der Waals surface area contributed by atoms with Crippen LogP contribution in [0.3, 0.4) is 0 Å². The smallest absolute Gasteiger partial charge is 0.310 e. The number of aliphatic hydroxyl groups is 1. The second-order valence-corrected chi connectivity index (χ2v) is 6.09. The first-order valence-corrected chi connectivity index (χ1v) is 7.57. The third kappa shape index (κ3) is 2.56. The number of benzene rings is 1. The van der Waals surface area contributed by atoms with Crippen LogP contribution in [0.2, 0.25) is 0 Å². The molecule has 2 aliphatic rings. The summed E-state index contributed by atoms with van der Waals surface area (Å²) in [4.78, 5) is 0. The summed E-state index contributed by atoms with van der Waals surface area (Å²) >= 11 is 1.70. The molecule has 2 aliphatic carbocycles. The van der Waals surface area contributed by atoms with E-state index >= 15 is 0 Å². The van der Waals surface area contributed by atoms with Gasteiger partial charge in [0, 0.05) is 11.1 Å². The molecule has 0 spiro atoms. The lowest BCUT2D eigenvalue weighted by atomic mass is 9.77. The van der Waals surface area contributed by atoms with Crippen LogP contribution in [0.1, 0.15) is 17.6 Å². The maximum absolute atomic E-state index is 13.4. The molecule has 1 unspecified atom stereocenters. The van der Waals surface area contributed by atoms with Gasteiger partial charge in [-0.3, -0.25) is 0 Å². The first kappa shape index (κ1) is 16.8. The van der Waals surface area contributed by atoms with E-state index in [0.717, 1.165) is 12.1 Å². The van der Waals surface area contributed by atoms with Gasteiger partial charge in [-0.25, -0.2) is 8.78 Å². The summed E-state index contributed by atoms with van der Waals surface area (Å²) < 4.78 is 58.1. The Labute approximate surface area is 147 Å². The molecule has 1 saturated carbocycles. The van der Waals surface area contributed by atoms with Gasteiger partial charge in [-0.2, -0.15) is 14.0 Å². The van der Waals surface area contributed by atoms with Gasteiger partial charge in [-0.05, 0) is 46.5 Å². The predicted octanol–water partition coefficient (Wildman–Crippen LogP) is 4.15. The summed E-state index contributed by atoms with van der Waals surface area (Å²) in [6.07, 6.45) is -4.78. The van der Waals surface area contributed by atoms with Crippen LogP contribution in [-0.2, 0) is 0 Å². The van der Waals surface area contributed by atoms with Gasteiger partial charge in [-0.1, -0.05) is 5.73 Å². The molecule has 8 heteroatoms. The third-order valence-electron chi connectivity index (χ3n) is 3.49. The van der Waals surface area contributed by atoms with E-state index in [0.29, 0.717) is 0 Å². The number of ether oxygens (including phenoxy) is 1. The summed E-state index contributed by atoms with van der Waals surface area (Å²) in [5.74, 6) is -3.50. The number of nitriles is 1. The molecule has 1 fully saturated rings. The van der Waals surface area contributed by atoms with Crippen LogP contribution in [0, 0.1) is 11.3 Å².